The summed E-state index contributed by atoms with van der Waals surface area (Å²) in [5, 5.41) is 3.59. The number of nitrogens with one attached hydrogen (secondary N) is 1. The zero-order valence-electron chi connectivity index (χ0n) is 10.7. The van der Waals surface area contributed by atoms with E-state index in [0.717, 1.165) is 24.5 Å². The van der Waals surface area contributed by atoms with Crippen LogP contribution in [0.1, 0.15) is 37.3 Å². The summed E-state index contributed by atoms with van der Waals surface area (Å²) < 4.78 is 10.9. The van der Waals surface area contributed by atoms with Crippen LogP contribution in [0.4, 0.5) is 0 Å². The molecule has 0 aliphatic carbocycles. The number of hydrogen-bond acceptors (Lipinski definition) is 3. The molecular weight excluding hydrogens is 214 g/mol. The predicted molar refractivity (Wildman–Crippen MR) is 68.8 cm³/mol. The topological polar surface area (TPSA) is 30.5 Å². The summed E-state index contributed by atoms with van der Waals surface area (Å²) in [6.45, 7) is 1.08. The molecule has 1 unspecified atom stereocenters. The van der Waals surface area contributed by atoms with Gasteiger partial charge in [-0.3, -0.25) is 0 Å². The van der Waals surface area contributed by atoms with Crippen LogP contribution in [0.15, 0.2) is 18.2 Å². The lowest BCUT2D eigenvalue weighted by Crippen LogP contribution is -2.21. The third-order valence-corrected chi connectivity index (χ3v) is 3.37. The van der Waals surface area contributed by atoms with Gasteiger partial charge in [-0.2, -0.15) is 0 Å². The highest BCUT2D eigenvalue weighted by atomic mass is 16.5. The molecule has 2 rings (SSSR count). The number of benzene rings is 1. The van der Waals surface area contributed by atoms with E-state index < -0.39 is 0 Å². The summed E-state index contributed by atoms with van der Waals surface area (Å²) in [4.78, 5) is 0. The van der Waals surface area contributed by atoms with E-state index in [9.17, 15) is 0 Å². The molecule has 0 amide bonds. The van der Waals surface area contributed by atoms with Crippen molar-refractivity contribution in [3.05, 3.63) is 23.8 Å². The lowest BCUT2D eigenvalue weighted by molar-refractivity contribution is 0.369. The Hall–Kier alpha value is -1.22. The zero-order valence-corrected chi connectivity index (χ0v) is 10.7. The van der Waals surface area contributed by atoms with Crippen LogP contribution in [0.3, 0.4) is 0 Å². The Morgan fingerprint density at radius 3 is 2.41 bits per heavy atom. The van der Waals surface area contributed by atoms with Crippen molar-refractivity contribution in [1.82, 2.24) is 5.32 Å². The second-order valence-corrected chi connectivity index (χ2v) is 4.43. The molecule has 1 aliphatic rings. The first-order chi connectivity index (χ1) is 8.36. The van der Waals surface area contributed by atoms with E-state index in [1.54, 1.807) is 14.2 Å². The molecule has 17 heavy (non-hydrogen) atoms. The number of methoxy groups -OCH3 is 2. The molecule has 0 spiro atoms. The lowest BCUT2D eigenvalue weighted by Gasteiger charge is -2.21. The van der Waals surface area contributed by atoms with Crippen molar-refractivity contribution < 1.29 is 9.47 Å². The molecule has 3 heteroatoms. The van der Waals surface area contributed by atoms with Crippen LogP contribution in [0.5, 0.6) is 11.5 Å². The Labute approximate surface area is 103 Å². The molecule has 3 nitrogen and oxygen atoms in total. The first-order valence-electron chi connectivity index (χ1n) is 6.31. The standard InChI is InChI=1S/C14H21NO2/c1-16-12-8-6-9-13(17-2)14(12)11-7-4-3-5-10-15-11/h6,8-9,11,15H,3-5,7,10H2,1-2H3. The fourth-order valence-corrected chi connectivity index (χ4v) is 2.50. The van der Waals surface area contributed by atoms with Crippen molar-refractivity contribution in [3.8, 4) is 11.5 Å². The van der Waals surface area contributed by atoms with Gasteiger partial charge in [-0.1, -0.05) is 18.9 Å². The lowest BCUT2D eigenvalue weighted by atomic mass is 10.00. The molecule has 0 aromatic heterocycles. The van der Waals surface area contributed by atoms with Gasteiger partial charge in [0.25, 0.3) is 0 Å². The molecule has 1 heterocycles. The molecule has 0 radical (unpaired) electrons. The van der Waals surface area contributed by atoms with Crippen molar-refractivity contribution in [2.75, 3.05) is 20.8 Å². The van der Waals surface area contributed by atoms with E-state index in [4.69, 9.17) is 9.47 Å². The molecular formula is C14H21NO2. The van der Waals surface area contributed by atoms with Crippen molar-refractivity contribution in [2.45, 2.75) is 31.7 Å². The molecule has 1 aromatic rings. The van der Waals surface area contributed by atoms with Gasteiger partial charge >= 0.3 is 0 Å². The van der Waals surface area contributed by atoms with Crippen molar-refractivity contribution in [3.63, 3.8) is 0 Å². The zero-order chi connectivity index (χ0) is 12.1. The fraction of sp³-hybridized carbons (Fsp3) is 0.571. The van der Waals surface area contributed by atoms with Crippen LogP contribution in [-0.4, -0.2) is 20.8 Å². The highest BCUT2D eigenvalue weighted by Gasteiger charge is 2.21. The van der Waals surface area contributed by atoms with Crippen LogP contribution in [0, 0.1) is 0 Å². The van der Waals surface area contributed by atoms with Crippen LogP contribution >= 0.6 is 0 Å². The average Bonchev–Trinajstić information content (AvgIpc) is 2.66. The van der Waals surface area contributed by atoms with E-state index in [2.05, 4.69) is 5.32 Å². The largest absolute Gasteiger partial charge is 0.496 e. The SMILES string of the molecule is COc1cccc(OC)c1C1CCCCCN1. The predicted octanol–water partition coefficient (Wildman–Crippen LogP) is 2.91. The van der Waals surface area contributed by atoms with Crippen LogP contribution in [0.2, 0.25) is 0 Å². The van der Waals surface area contributed by atoms with Crippen LogP contribution in [-0.2, 0) is 0 Å². The van der Waals surface area contributed by atoms with Gasteiger partial charge in [0.2, 0.25) is 0 Å². The minimum Gasteiger partial charge on any atom is -0.496 e. The van der Waals surface area contributed by atoms with Crippen molar-refractivity contribution in [2.24, 2.45) is 0 Å². The van der Waals surface area contributed by atoms with E-state index in [1.807, 2.05) is 18.2 Å². The minimum absolute atomic E-state index is 0.351. The van der Waals surface area contributed by atoms with Gasteiger partial charge in [0.15, 0.2) is 0 Å². The van der Waals surface area contributed by atoms with Crippen LogP contribution in [0.25, 0.3) is 0 Å². The Balaban J connectivity index is 2.33. The summed E-state index contributed by atoms with van der Waals surface area (Å²) in [7, 11) is 3.43. The Bertz CT molecular complexity index is 335. The third kappa shape index (κ3) is 2.72. The Morgan fingerprint density at radius 1 is 1.06 bits per heavy atom. The molecule has 1 fully saturated rings. The molecule has 94 valence electrons. The second-order valence-electron chi connectivity index (χ2n) is 4.43. The maximum absolute atomic E-state index is 5.46. The smallest absolute Gasteiger partial charge is 0.127 e. The summed E-state index contributed by atoms with van der Waals surface area (Å²) in [6, 6.07) is 6.33. The van der Waals surface area contributed by atoms with Gasteiger partial charge in [-0.25, -0.2) is 0 Å². The van der Waals surface area contributed by atoms with E-state index in [-0.39, 0.29) is 0 Å². The van der Waals surface area contributed by atoms with E-state index in [0.29, 0.717) is 6.04 Å². The van der Waals surface area contributed by atoms with Gasteiger partial charge < -0.3 is 14.8 Å². The molecule has 0 saturated carbocycles. The van der Waals surface area contributed by atoms with Crippen LogP contribution < -0.4 is 14.8 Å². The Kier molecular flexibility index (Phi) is 4.26. The average molecular weight is 235 g/mol. The molecule has 1 aromatic carbocycles. The number of hydrogen-bond donors (Lipinski definition) is 1. The fourth-order valence-electron chi connectivity index (χ4n) is 2.50. The quantitative estimate of drug-likeness (QED) is 0.873. The van der Waals surface area contributed by atoms with E-state index >= 15 is 0 Å². The van der Waals surface area contributed by atoms with Crippen molar-refractivity contribution >= 4 is 0 Å². The van der Waals surface area contributed by atoms with Gasteiger partial charge in [-0.05, 0) is 31.5 Å². The molecule has 0 bridgehead atoms. The summed E-state index contributed by atoms with van der Waals surface area (Å²) in [6.07, 6.45) is 4.98. The molecule has 1 atom stereocenters. The van der Waals surface area contributed by atoms with E-state index in [1.165, 1.54) is 24.8 Å². The third-order valence-electron chi connectivity index (χ3n) is 3.37. The normalized spacial score (nSPS) is 20.7. The molecule has 1 aliphatic heterocycles. The summed E-state index contributed by atoms with van der Waals surface area (Å²) in [5.74, 6) is 1.84. The van der Waals surface area contributed by atoms with Gasteiger partial charge in [0.05, 0.1) is 19.8 Å². The maximum atomic E-state index is 5.46. The number of ether oxygens (including phenoxy) is 2. The monoisotopic (exact) mass is 235 g/mol. The molecule has 1 saturated heterocycles. The first-order valence-corrected chi connectivity index (χ1v) is 6.31. The molecule has 1 N–H and O–H groups in total. The van der Waals surface area contributed by atoms with Gasteiger partial charge in [-0.15, -0.1) is 0 Å². The maximum Gasteiger partial charge on any atom is 0.127 e. The van der Waals surface area contributed by atoms with Crippen molar-refractivity contribution in [1.29, 1.82) is 0 Å². The summed E-state index contributed by atoms with van der Waals surface area (Å²) >= 11 is 0. The highest BCUT2D eigenvalue weighted by molar-refractivity contribution is 5.47. The summed E-state index contributed by atoms with van der Waals surface area (Å²) in [5.41, 5.74) is 1.17. The first kappa shape index (κ1) is 12.2. The highest BCUT2D eigenvalue weighted by Crippen LogP contribution is 2.37. The Morgan fingerprint density at radius 2 is 1.76 bits per heavy atom. The van der Waals surface area contributed by atoms with Gasteiger partial charge in [0, 0.05) is 6.04 Å². The number of rotatable bonds is 3. The van der Waals surface area contributed by atoms with Gasteiger partial charge in [0.1, 0.15) is 11.5 Å². The minimum atomic E-state index is 0.351. The second kappa shape index (κ2) is 5.92.